The Hall–Kier alpha value is -4.20. The van der Waals surface area contributed by atoms with Crippen molar-refractivity contribution in [2.45, 2.75) is 301 Å². The lowest BCUT2D eigenvalue weighted by Gasteiger charge is -2.41. The zero-order chi connectivity index (χ0) is 61.0. The van der Waals surface area contributed by atoms with Gasteiger partial charge in [-0.2, -0.15) is 0 Å². The molecule has 1 heterocycles. The highest BCUT2D eigenvalue weighted by atomic mass is 16.7. The summed E-state index contributed by atoms with van der Waals surface area (Å²) >= 11 is 0. The number of allylic oxidation sites excluding steroid dienone is 21. The summed E-state index contributed by atoms with van der Waals surface area (Å²) in [6.07, 6.45) is 73.4. The van der Waals surface area contributed by atoms with Gasteiger partial charge in [-0.25, -0.2) is 0 Å². The van der Waals surface area contributed by atoms with Crippen LogP contribution in [0, 0.1) is 0 Å². The van der Waals surface area contributed by atoms with Gasteiger partial charge in [0.1, 0.15) is 24.4 Å². The summed E-state index contributed by atoms with van der Waals surface area (Å²) in [4.78, 5) is 26.6. The molecule has 6 N–H and O–H groups in total. The van der Waals surface area contributed by atoms with Crippen LogP contribution in [0.1, 0.15) is 252 Å². The molecular formula is C73H121NO10. The van der Waals surface area contributed by atoms with E-state index in [1.165, 1.54) is 70.6 Å². The van der Waals surface area contributed by atoms with E-state index in [1.807, 2.05) is 6.08 Å². The molecule has 1 amide bonds. The molecule has 1 aliphatic rings. The van der Waals surface area contributed by atoms with Crippen molar-refractivity contribution < 1.29 is 49.3 Å². The van der Waals surface area contributed by atoms with Crippen LogP contribution in [-0.4, -0.2) is 99.6 Å². The van der Waals surface area contributed by atoms with Gasteiger partial charge in [-0.15, -0.1) is 0 Å². The number of ether oxygens (including phenoxy) is 3. The van der Waals surface area contributed by atoms with Gasteiger partial charge in [-0.3, -0.25) is 9.59 Å². The third kappa shape index (κ3) is 46.1. The van der Waals surface area contributed by atoms with Crippen LogP contribution in [0.4, 0.5) is 0 Å². The molecule has 84 heavy (non-hydrogen) atoms. The van der Waals surface area contributed by atoms with Crippen molar-refractivity contribution in [2.24, 2.45) is 0 Å². The summed E-state index contributed by atoms with van der Waals surface area (Å²) in [6, 6.07) is -1.05. The van der Waals surface area contributed by atoms with E-state index in [4.69, 9.17) is 14.2 Å². The average molecular weight is 1170 g/mol. The third-order valence-electron chi connectivity index (χ3n) is 14.8. The third-order valence-corrected chi connectivity index (χ3v) is 14.8. The molecule has 0 spiro atoms. The molecule has 1 fully saturated rings. The number of carbonyl (C=O) groups excluding carboxylic acids is 2. The molecule has 11 nitrogen and oxygen atoms in total. The molecule has 0 aliphatic carbocycles. The lowest BCUT2D eigenvalue weighted by atomic mass is 9.99. The van der Waals surface area contributed by atoms with Crippen LogP contribution in [0.5, 0.6) is 0 Å². The Bertz CT molecular complexity index is 1880. The first-order valence-electron chi connectivity index (χ1n) is 33.5. The highest BCUT2D eigenvalue weighted by Gasteiger charge is 2.47. The summed E-state index contributed by atoms with van der Waals surface area (Å²) in [5.41, 5.74) is 0. The van der Waals surface area contributed by atoms with Gasteiger partial charge in [0, 0.05) is 6.42 Å². The van der Waals surface area contributed by atoms with Crippen molar-refractivity contribution in [2.75, 3.05) is 13.2 Å². The molecule has 1 aliphatic heterocycles. The lowest BCUT2D eigenvalue weighted by molar-refractivity contribution is -0.305. The Morgan fingerprint density at radius 1 is 0.476 bits per heavy atom. The van der Waals surface area contributed by atoms with Crippen LogP contribution in [-0.2, 0) is 23.8 Å². The summed E-state index contributed by atoms with van der Waals surface area (Å²) < 4.78 is 17.6. The zero-order valence-corrected chi connectivity index (χ0v) is 53.0. The van der Waals surface area contributed by atoms with E-state index in [-0.39, 0.29) is 19.4 Å². The number of hydrogen-bond donors (Lipinski definition) is 6. The fourth-order valence-electron chi connectivity index (χ4n) is 9.59. The van der Waals surface area contributed by atoms with Crippen molar-refractivity contribution in [3.05, 3.63) is 134 Å². The molecule has 11 heteroatoms. The van der Waals surface area contributed by atoms with Gasteiger partial charge in [-0.05, 0) is 116 Å². The normalized spacial score (nSPS) is 19.4. The standard InChI is InChI=1S/C73H121NO10/c1-4-7-10-13-16-19-22-25-27-29-31-32-33-34-35-36-37-39-41-43-46-49-52-55-58-61-68(78)84-71-70(80)69(79)67(62-75)83-73(71)82-63-64(65(76)59-56-53-50-47-44-24-21-18-15-12-9-6-3)74-72(81)66(77)60-57-54-51-48-45-42-40-38-30-28-26-23-20-17-14-11-8-5-2/h7-8,10-11,16-17,19-20,25-28,31-32,34-35,38,40,45,48,56,59,64-67,69-71,73,75-77,79-80H,4-6,9,12-15,18,21-24,29-30,33,36-37,39,41-44,46-47,49-55,57-58,60-63H2,1-3H3,(H,74,81)/b10-7-,11-8-,19-16-,20-17-,27-25-,28-26-,32-31-,35-34-,40-38-,48-45-,59-56+. The Morgan fingerprint density at radius 2 is 0.857 bits per heavy atom. The van der Waals surface area contributed by atoms with Crippen LogP contribution < -0.4 is 5.32 Å². The van der Waals surface area contributed by atoms with E-state index in [0.717, 1.165) is 135 Å². The molecule has 0 aromatic heterocycles. The van der Waals surface area contributed by atoms with Crippen molar-refractivity contribution >= 4 is 11.9 Å². The SMILES string of the molecule is CC/C=C\C/C=C\C/C=C\C/C=C\C/C=C\CCCCCCCCCCCC(=O)OC1C(OCC(NC(=O)C(O)CCCC/C=C\C/C=C\C/C=C\C/C=C\C/C=C\CC)C(O)/C=C/CCCCCCCCCCCC)OC(CO)C(O)C1O. The number of aliphatic hydroxyl groups is 5. The molecule has 0 aromatic rings. The molecule has 1 saturated heterocycles. The number of esters is 1. The summed E-state index contributed by atoms with van der Waals surface area (Å²) in [6.45, 7) is 5.53. The van der Waals surface area contributed by atoms with Gasteiger partial charge < -0.3 is 45.1 Å². The van der Waals surface area contributed by atoms with E-state index in [2.05, 4.69) is 148 Å². The van der Waals surface area contributed by atoms with Crippen molar-refractivity contribution in [3.8, 4) is 0 Å². The second-order valence-corrected chi connectivity index (χ2v) is 22.4. The second-order valence-electron chi connectivity index (χ2n) is 22.4. The van der Waals surface area contributed by atoms with Gasteiger partial charge in [0.05, 0.1) is 25.4 Å². The number of rotatable bonds is 55. The molecule has 0 bridgehead atoms. The fourth-order valence-corrected chi connectivity index (χ4v) is 9.59. The Balaban J connectivity index is 2.64. The van der Waals surface area contributed by atoms with Crippen LogP contribution in [0.15, 0.2) is 134 Å². The van der Waals surface area contributed by atoms with Crippen molar-refractivity contribution in [3.63, 3.8) is 0 Å². The lowest BCUT2D eigenvalue weighted by Crippen LogP contribution is -2.61. The van der Waals surface area contributed by atoms with Gasteiger partial charge in [0.25, 0.3) is 0 Å². The minimum Gasteiger partial charge on any atom is -0.454 e. The first kappa shape index (κ1) is 77.8. The molecule has 0 radical (unpaired) electrons. The number of aliphatic hydroxyl groups excluding tert-OH is 5. The summed E-state index contributed by atoms with van der Waals surface area (Å²) in [5.74, 6) is -1.24. The van der Waals surface area contributed by atoms with Crippen LogP contribution in [0.25, 0.3) is 0 Å². The van der Waals surface area contributed by atoms with E-state index in [9.17, 15) is 35.1 Å². The second kappa shape index (κ2) is 59.1. The van der Waals surface area contributed by atoms with E-state index >= 15 is 0 Å². The van der Waals surface area contributed by atoms with Crippen molar-refractivity contribution in [1.82, 2.24) is 5.32 Å². The van der Waals surface area contributed by atoms with Gasteiger partial charge in [-0.1, -0.05) is 264 Å². The van der Waals surface area contributed by atoms with Gasteiger partial charge in [0.15, 0.2) is 12.4 Å². The first-order chi connectivity index (χ1) is 41.2. The van der Waals surface area contributed by atoms with Crippen LogP contribution in [0.2, 0.25) is 0 Å². The Labute approximate surface area is 512 Å². The Morgan fingerprint density at radius 3 is 1.29 bits per heavy atom. The fraction of sp³-hybridized carbons (Fsp3) is 0.671. The Kier molecular flexibility index (Phi) is 54.8. The number of amides is 1. The molecule has 8 unspecified atom stereocenters. The molecule has 0 saturated carbocycles. The quantitative estimate of drug-likeness (QED) is 0.0195. The van der Waals surface area contributed by atoms with Gasteiger partial charge >= 0.3 is 5.97 Å². The highest BCUT2D eigenvalue weighted by Crippen LogP contribution is 2.26. The zero-order valence-electron chi connectivity index (χ0n) is 53.0. The maximum atomic E-state index is 13.4. The van der Waals surface area contributed by atoms with Crippen LogP contribution >= 0.6 is 0 Å². The average Bonchev–Trinajstić information content (AvgIpc) is 3.69. The maximum absolute atomic E-state index is 13.4. The number of hydrogen-bond acceptors (Lipinski definition) is 10. The summed E-state index contributed by atoms with van der Waals surface area (Å²) in [7, 11) is 0. The van der Waals surface area contributed by atoms with E-state index < -0.39 is 67.4 Å². The van der Waals surface area contributed by atoms with Crippen LogP contribution in [0.3, 0.4) is 0 Å². The molecule has 478 valence electrons. The monoisotopic (exact) mass is 1170 g/mol. The van der Waals surface area contributed by atoms with E-state index in [0.29, 0.717) is 12.8 Å². The topological polar surface area (TPSA) is 175 Å². The molecule has 1 rings (SSSR count). The molecule has 0 aromatic carbocycles. The minimum absolute atomic E-state index is 0.104. The molecule has 8 atom stereocenters. The predicted octanol–water partition coefficient (Wildman–Crippen LogP) is 16.8. The number of nitrogens with one attached hydrogen (secondary N) is 1. The summed E-state index contributed by atoms with van der Waals surface area (Å²) in [5, 5.41) is 57.1. The number of unbranched alkanes of at least 4 members (excludes halogenated alkanes) is 21. The minimum atomic E-state index is -1.63. The maximum Gasteiger partial charge on any atom is 0.306 e. The highest BCUT2D eigenvalue weighted by molar-refractivity contribution is 5.80. The van der Waals surface area contributed by atoms with E-state index in [1.54, 1.807) is 6.08 Å². The van der Waals surface area contributed by atoms with Crippen molar-refractivity contribution in [1.29, 1.82) is 0 Å². The van der Waals surface area contributed by atoms with Gasteiger partial charge in [0.2, 0.25) is 5.91 Å². The smallest absolute Gasteiger partial charge is 0.306 e. The molecular weight excluding hydrogens is 1050 g/mol. The number of carbonyl (C=O) groups is 2. The first-order valence-corrected chi connectivity index (χ1v) is 33.5. The largest absolute Gasteiger partial charge is 0.454 e. The predicted molar refractivity (Wildman–Crippen MR) is 351 cm³/mol.